The molecule has 5 heteroatoms. The maximum Gasteiger partial charge on any atom is 0.244 e. The van der Waals surface area contributed by atoms with E-state index < -0.39 is 0 Å². The van der Waals surface area contributed by atoms with Gasteiger partial charge in [-0.15, -0.1) is 0 Å². The summed E-state index contributed by atoms with van der Waals surface area (Å²) in [5, 5.41) is 6.03. The molecule has 1 aromatic carbocycles. The lowest BCUT2D eigenvalue weighted by atomic mass is 9.96. The van der Waals surface area contributed by atoms with E-state index in [1.165, 1.54) is 0 Å². The van der Waals surface area contributed by atoms with Crippen LogP contribution in [0.25, 0.3) is 0 Å². The minimum Gasteiger partial charge on any atom is -0.323 e. The van der Waals surface area contributed by atoms with Crippen LogP contribution in [0, 0.1) is 11.8 Å². The molecule has 19 heavy (non-hydrogen) atoms. The van der Waals surface area contributed by atoms with Crippen LogP contribution >= 0.6 is 0 Å². The van der Waals surface area contributed by atoms with Crippen molar-refractivity contribution in [3.05, 3.63) is 24.3 Å². The number of hydrogen-bond donors (Lipinski definition) is 2. The van der Waals surface area contributed by atoms with Crippen LogP contribution < -0.4 is 15.5 Å². The fourth-order valence-corrected chi connectivity index (χ4v) is 2.77. The highest BCUT2D eigenvalue weighted by Gasteiger charge is 2.36. The molecule has 100 valence electrons. The first kappa shape index (κ1) is 12.2. The number of carbonyl (C=O) groups is 2. The highest BCUT2D eigenvalue weighted by molar-refractivity contribution is 6.10. The topological polar surface area (TPSA) is 61.4 Å². The summed E-state index contributed by atoms with van der Waals surface area (Å²) < 4.78 is 0. The maximum absolute atomic E-state index is 12.6. The Kier molecular flexibility index (Phi) is 2.98. The predicted octanol–water partition coefficient (Wildman–Crippen LogP) is 0.827. The predicted molar refractivity (Wildman–Crippen MR) is 72.9 cm³/mol. The van der Waals surface area contributed by atoms with E-state index in [0.717, 1.165) is 12.2 Å². The lowest BCUT2D eigenvalue weighted by molar-refractivity contribution is -0.125. The van der Waals surface area contributed by atoms with Crippen LogP contribution in [0.5, 0.6) is 0 Å². The van der Waals surface area contributed by atoms with E-state index >= 15 is 0 Å². The third-order valence-electron chi connectivity index (χ3n) is 3.87. The number of amides is 2. The SMILES string of the molecule is CC1CNCC1C(=O)N1CC(=O)Nc2ccccc21. The number of fused-ring (bicyclic) bond motifs is 1. The molecule has 0 saturated carbocycles. The standard InChI is InChI=1S/C14H17N3O2/c1-9-6-15-7-10(9)14(19)17-8-13(18)16-11-4-2-3-5-12(11)17/h2-5,9-10,15H,6-8H2,1H3,(H,16,18). The van der Waals surface area contributed by atoms with Crippen molar-refractivity contribution in [2.24, 2.45) is 11.8 Å². The summed E-state index contributed by atoms with van der Waals surface area (Å²) in [5.41, 5.74) is 1.51. The van der Waals surface area contributed by atoms with Crippen molar-refractivity contribution in [3.63, 3.8) is 0 Å². The van der Waals surface area contributed by atoms with Crippen molar-refractivity contribution in [2.75, 3.05) is 29.9 Å². The van der Waals surface area contributed by atoms with Gasteiger partial charge in [-0.1, -0.05) is 19.1 Å². The van der Waals surface area contributed by atoms with Crippen molar-refractivity contribution in [2.45, 2.75) is 6.92 Å². The minimum absolute atomic E-state index is 0.0415. The summed E-state index contributed by atoms with van der Waals surface area (Å²) in [4.78, 5) is 26.0. The van der Waals surface area contributed by atoms with E-state index in [2.05, 4.69) is 17.6 Å². The van der Waals surface area contributed by atoms with Gasteiger partial charge in [0.1, 0.15) is 6.54 Å². The number of nitrogens with one attached hydrogen (secondary N) is 2. The zero-order chi connectivity index (χ0) is 13.4. The summed E-state index contributed by atoms with van der Waals surface area (Å²) in [6, 6.07) is 7.43. The molecule has 2 unspecified atom stereocenters. The first-order valence-electron chi connectivity index (χ1n) is 6.58. The van der Waals surface area contributed by atoms with Gasteiger partial charge in [0.25, 0.3) is 0 Å². The fraction of sp³-hybridized carbons (Fsp3) is 0.429. The average molecular weight is 259 g/mol. The summed E-state index contributed by atoms with van der Waals surface area (Å²) in [6.45, 7) is 3.73. The van der Waals surface area contributed by atoms with E-state index in [0.29, 0.717) is 18.2 Å². The zero-order valence-corrected chi connectivity index (χ0v) is 10.8. The van der Waals surface area contributed by atoms with Gasteiger partial charge in [0.05, 0.1) is 17.3 Å². The smallest absolute Gasteiger partial charge is 0.244 e. The Bertz CT molecular complexity index is 529. The van der Waals surface area contributed by atoms with E-state index in [1.807, 2.05) is 24.3 Å². The van der Waals surface area contributed by atoms with Crippen LogP contribution in [0.1, 0.15) is 6.92 Å². The molecule has 1 aromatic rings. The molecule has 0 spiro atoms. The van der Waals surface area contributed by atoms with Crippen molar-refractivity contribution in [1.29, 1.82) is 0 Å². The van der Waals surface area contributed by atoms with Crippen molar-refractivity contribution >= 4 is 23.2 Å². The Morgan fingerprint density at radius 3 is 2.84 bits per heavy atom. The number of benzene rings is 1. The first-order chi connectivity index (χ1) is 9.16. The molecule has 1 fully saturated rings. The first-order valence-corrected chi connectivity index (χ1v) is 6.58. The Balaban J connectivity index is 1.92. The van der Waals surface area contributed by atoms with E-state index in [1.54, 1.807) is 4.90 Å². The second kappa shape index (κ2) is 4.66. The van der Waals surface area contributed by atoms with Gasteiger partial charge < -0.3 is 15.5 Å². The number of para-hydroxylation sites is 2. The van der Waals surface area contributed by atoms with Crippen LogP contribution in [0.4, 0.5) is 11.4 Å². The van der Waals surface area contributed by atoms with Gasteiger partial charge in [-0.25, -0.2) is 0 Å². The molecule has 2 aliphatic heterocycles. The van der Waals surface area contributed by atoms with Crippen LogP contribution in [0.3, 0.4) is 0 Å². The molecule has 0 aromatic heterocycles. The quantitative estimate of drug-likeness (QED) is 0.785. The monoisotopic (exact) mass is 259 g/mol. The molecule has 0 aliphatic carbocycles. The molecule has 2 atom stereocenters. The Morgan fingerprint density at radius 1 is 1.32 bits per heavy atom. The molecule has 2 N–H and O–H groups in total. The second-order valence-corrected chi connectivity index (χ2v) is 5.23. The molecule has 2 aliphatic rings. The largest absolute Gasteiger partial charge is 0.323 e. The van der Waals surface area contributed by atoms with Gasteiger partial charge in [-0.05, 0) is 24.6 Å². The Hall–Kier alpha value is -1.88. The van der Waals surface area contributed by atoms with Gasteiger partial charge in [0.15, 0.2) is 0 Å². The molecule has 5 nitrogen and oxygen atoms in total. The lowest BCUT2D eigenvalue weighted by Crippen LogP contribution is -2.46. The molecule has 3 rings (SSSR count). The molecule has 0 radical (unpaired) electrons. The number of hydrogen-bond acceptors (Lipinski definition) is 3. The van der Waals surface area contributed by atoms with Crippen LogP contribution in [0.2, 0.25) is 0 Å². The maximum atomic E-state index is 12.6. The lowest BCUT2D eigenvalue weighted by Gasteiger charge is -2.31. The van der Waals surface area contributed by atoms with Crippen molar-refractivity contribution < 1.29 is 9.59 Å². The molecular weight excluding hydrogens is 242 g/mol. The highest BCUT2D eigenvalue weighted by atomic mass is 16.2. The second-order valence-electron chi connectivity index (χ2n) is 5.23. The minimum atomic E-state index is -0.134. The van der Waals surface area contributed by atoms with E-state index in [4.69, 9.17) is 0 Å². The van der Waals surface area contributed by atoms with Crippen LogP contribution in [-0.4, -0.2) is 31.4 Å². The Labute approximate surface area is 112 Å². The van der Waals surface area contributed by atoms with Crippen LogP contribution in [-0.2, 0) is 9.59 Å². The number of rotatable bonds is 1. The normalized spacial score (nSPS) is 25.9. The highest BCUT2D eigenvalue weighted by Crippen LogP contribution is 2.31. The van der Waals surface area contributed by atoms with Gasteiger partial charge in [0, 0.05) is 6.54 Å². The van der Waals surface area contributed by atoms with Gasteiger partial charge in [0.2, 0.25) is 11.8 Å². The average Bonchev–Trinajstić information content (AvgIpc) is 2.83. The summed E-state index contributed by atoms with van der Waals surface area (Å²) in [7, 11) is 0. The van der Waals surface area contributed by atoms with Gasteiger partial charge in [-0.2, -0.15) is 0 Å². The van der Waals surface area contributed by atoms with Crippen molar-refractivity contribution in [1.82, 2.24) is 5.32 Å². The number of carbonyl (C=O) groups excluding carboxylic acids is 2. The number of nitrogens with zero attached hydrogens (tertiary/aromatic N) is 1. The fourth-order valence-electron chi connectivity index (χ4n) is 2.77. The van der Waals surface area contributed by atoms with Crippen molar-refractivity contribution in [3.8, 4) is 0 Å². The zero-order valence-electron chi connectivity index (χ0n) is 10.8. The summed E-state index contributed by atoms with van der Waals surface area (Å²) >= 11 is 0. The number of anilines is 2. The third-order valence-corrected chi connectivity index (χ3v) is 3.87. The van der Waals surface area contributed by atoms with Gasteiger partial charge in [-0.3, -0.25) is 9.59 Å². The van der Waals surface area contributed by atoms with Gasteiger partial charge >= 0.3 is 0 Å². The summed E-state index contributed by atoms with van der Waals surface area (Å²) in [5.74, 6) is 0.175. The Morgan fingerprint density at radius 2 is 2.11 bits per heavy atom. The molecule has 1 saturated heterocycles. The molecule has 2 heterocycles. The third kappa shape index (κ3) is 2.10. The summed E-state index contributed by atoms with van der Waals surface area (Å²) in [6.07, 6.45) is 0. The molecule has 2 amide bonds. The van der Waals surface area contributed by atoms with Crippen LogP contribution in [0.15, 0.2) is 24.3 Å². The molecular formula is C14H17N3O2. The van der Waals surface area contributed by atoms with E-state index in [9.17, 15) is 9.59 Å². The van der Waals surface area contributed by atoms with E-state index in [-0.39, 0.29) is 24.3 Å². The molecule has 0 bridgehead atoms.